The Hall–Kier alpha value is -4.07. The van der Waals surface area contributed by atoms with Gasteiger partial charge < -0.3 is 23.9 Å². The van der Waals surface area contributed by atoms with E-state index in [1.165, 1.54) is 6.07 Å². The highest BCUT2D eigenvalue weighted by atomic mass is 16.5. The molecule has 1 aromatic heterocycles. The number of hydrogen-bond donors (Lipinski definition) is 1. The van der Waals surface area contributed by atoms with E-state index in [9.17, 15) is 14.4 Å². The van der Waals surface area contributed by atoms with Crippen LogP contribution in [0.5, 0.6) is 11.5 Å². The largest absolute Gasteiger partial charge is 0.497 e. The van der Waals surface area contributed by atoms with E-state index >= 15 is 0 Å². The summed E-state index contributed by atoms with van der Waals surface area (Å²) in [6.45, 7) is 1.71. The predicted molar refractivity (Wildman–Crippen MR) is 123 cm³/mol. The first kappa shape index (κ1) is 22.1. The number of methoxy groups -OCH3 is 2. The molecule has 0 spiro atoms. The first-order chi connectivity index (χ1) is 15.9. The molecule has 0 fully saturated rings. The van der Waals surface area contributed by atoms with Crippen LogP contribution in [-0.2, 0) is 20.7 Å². The molecule has 2 aromatic carbocycles. The van der Waals surface area contributed by atoms with Gasteiger partial charge in [0.2, 0.25) is 0 Å². The highest BCUT2D eigenvalue weighted by Gasteiger charge is 2.25. The minimum atomic E-state index is -0.981. The average Bonchev–Trinajstić information content (AvgIpc) is 3.21. The third-order valence-corrected chi connectivity index (χ3v) is 5.41. The van der Waals surface area contributed by atoms with Gasteiger partial charge >= 0.3 is 11.9 Å². The Kier molecular flexibility index (Phi) is 6.17. The number of anilines is 1. The summed E-state index contributed by atoms with van der Waals surface area (Å²) in [5, 5.41) is 2.87. The zero-order valence-electron chi connectivity index (χ0n) is 18.5. The molecule has 33 heavy (non-hydrogen) atoms. The summed E-state index contributed by atoms with van der Waals surface area (Å²) in [6, 6.07) is 10.1. The van der Waals surface area contributed by atoms with Crippen LogP contribution < -0.4 is 20.2 Å². The minimum Gasteiger partial charge on any atom is -0.497 e. The molecule has 0 saturated heterocycles. The fourth-order valence-corrected chi connectivity index (χ4v) is 3.83. The fraction of sp³-hybridized carbons (Fsp3) is 0.240. The Morgan fingerprint density at radius 1 is 1.09 bits per heavy atom. The van der Waals surface area contributed by atoms with Crippen molar-refractivity contribution in [1.29, 1.82) is 0 Å². The van der Waals surface area contributed by atoms with Crippen LogP contribution in [0, 0.1) is 0 Å². The maximum atomic E-state index is 13.1. The third-order valence-electron chi connectivity index (χ3n) is 5.41. The number of carbonyl (C=O) groups excluding carboxylic acids is 2. The van der Waals surface area contributed by atoms with E-state index in [2.05, 4.69) is 5.32 Å². The lowest BCUT2D eigenvalue weighted by molar-refractivity contribution is -0.152. The molecule has 0 bridgehead atoms. The van der Waals surface area contributed by atoms with Gasteiger partial charge in [0.15, 0.2) is 5.43 Å². The third kappa shape index (κ3) is 4.32. The van der Waals surface area contributed by atoms with Gasteiger partial charge in [0.1, 0.15) is 22.8 Å². The molecule has 0 aliphatic heterocycles. The predicted octanol–water partition coefficient (Wildman–Crippen LogP) is 3.80. The number of esters is 1. The Bertz CT molecular complexity index is 1340. The van der Waals surface area contributed by atoms with Crippen LogP contribution in [0.3, 0.4) is 0 Å². The second-order valence-electron chi connectivity index (χ2n) is 7.40. The molecule has 8 heteroatoms. The SMILES string of the molecule is CCOC(=O)C(=O)Nc1ccc2c(=O)c3c(oc2c1)C(=Cc1cc(OC)ccc1OC)CC3. The lowest BCUT2D eigenvalue weighted by Gasteiger charge is -2.09. The number of hydrogen-bond acceptors (Lipinski definition) is 7. The molecule has 4 rings (SSSR count). The van der Waals surface area contributed by atoms with Crippen molar-refractivity contribution in [3.63, 3.8) is 0 Å². The molecular formula is C25H23NO7. The van der Waals surface area contributed by atoms with Crippen LogP contribution >= 0.6 is 0 Å². The molecule has 0 radical (unpaired) electrons. The van der Waals surface area contributed by atoms with Crippen LogP contribution in [0.25, 0.3) is 22.6 Å². The Labute approximate surface area is 189 Å². The zero-order chi connectivity index (χ0) is 23.5. The highest BCUT2D eigenvalue weighted by Crippen LogP contribution is 2.36. The standard InChI is InChI=1S/C25H23NO7/c1-4-32-25(29)24(28)26-16-6-9-18-21(13-16)33-23-14(5-8-19(23)22(18)27)11-15-12-17(30-2)7-10-20(15)31-3/h6-7,9-13H,4-5,8H2,1-3H3,(H,26,28). The topological polar surface area (TPSA) is 104 Å². The number of rotatable bonds is 5. The van der Waals surface area contributed by atoms with Crippen LogP contribution in [0.2, 0.25) is 0 Å². The van der Waals surface area contributed by atoms with Crippen molar-refractivity contribution in [2.24, 2.45) is 0 Å². The van der Waals surface area contributed by atoms with Gasteiger partial charge in [0.05, 0.1) is 26.2 Å². The van der Waals surface area contributed by atoms with Gasteiger partial charge in [-0.25, -0.2) is 4.79 Å². The molecule has 1 N–H and O–H groups in total. The molecular weight excluding hydrogens is 426 g/mol. The van der Waals surface area contributed by atoms with Crippen molar-refractivity contribution < 1.29 is 28.2 Å². The van der Waals surface area contributed by atoms with Crippen LogP contribution in [-0.4, -0.2) is 32.7 Å². The van der Waals surface area contributed by atoms with Crippen LogP contribution in [0.1, 0.15) is 30.2 Å². The number of ether oxygens (including phenoxy) is 3. The monoisotopic (exact) mass is 449 g/mol. The maximum Gasteiger partial charge on any atom is 0.397 e. The summed E-state index contributed by atoms with van der Waals surface area (Å²) < 4.78 is 21.6. The zero-order valence-corrected chi connectivity index (χ0v) is 18.5. The van der Waals surface area contributed by atoms with Crippen LogP contribution in [0.15, 0.2) is 45.6 Å². The molecule has 0 atom stereocenters. The van der Waals surface area contributed by atoms with E-state index in [0.29, 0.717) is 52.3 Å². The number of nitrogens with one attached hydrogen (secondary N) is 1. The Morgan fingerprint density at radius 3 is 2.64 bits per heavy atom. The number of fused-ring (bicyclic) bond motifs is 2. The van der Waals surface area contributed by atoms with Crippen molar-refractivity contribution in [2.75, 3.05) is 26.1 Å². The quantitative estimate of drug-likeness (QED) is 0.467. The lowest BCUT2D eigenvalue weighted by atomic mass is 10.1. The van der Waals surface area contributed by atoms with Crippen molar-refractivity contribution in [3.05, 3.63) is 63.5 Å². The van der Waals surface area contributed by atoms with Gasteiger partial charge in [0.25, 0.3) is 0 Å². The summed E-state index contributed by atoms with van der Waals surface area (Å²) in [4.78, 5) is 36.6. The summed E-state index contributed by atoms with van der Waals surface area (Å²) in [6.07, 6.45) is 3.12. The number of amides is 1. The molecule has 0 saturated carbocycles. The highest BCUT2D eigenvalue weighted by molar-refractivity contribution is 6.37. The second kappa shape index (κ2) is 9.20. The average molecular weight is 449 g/mol. The molecule has 1 amide bonds. The Balaban J connectivity index is 1.75. The minimum absolute atomic E-state index is 0.0954. The van der Waals surface area contributed by atoms with E-state index in [1.807, 2.05) is 24.3 Å². The fourth-order valence-electron chi connectivity index (χ4n) is 3.83. The molecule has 1 aliphatic rings. The van der Waals surface area contributed by atoms with Crippen LogP contribution in [0.4, 0.5) is 5.69 Å². The summed E-state index contributed by atoms with van der Waals surface area (Å²) in [7, 11) is 3.18. The molecule has 8 nitrogen and oxygen atoms in total. The van der Waals surface area contributed by atoms with Crippen molar-refractivity contribution >= 4 is 40.2 Å². The smallest absolute Gasteiger partial charge is 0.397 e. The van der Waals surface area contributed by atoms with E-state index < -0.39 is 11.9 Å². The van der Waals surface area contributed by atoms with E-state index in [-0.39, 0.29) is 12.0 Å². The van der Waals surface area contributed by atoms with Crippen molar-refractivity contribution in [1.82, 2.24) is 0 Å². The molecule has 0 unspecified atom stereocenters. The summed E-state index contributed by atoms with van der Waals surface area (Å²) >= 11 is 0. The number of carbonyl (C=O) groups is 2. The Morgan fingerprint density at radius 2 is 1.91 bits per heavy atom. The molecule has 170 valence electrons. The summed E-state index contributed by atoms with van der Waals surface area (Å²) in [5.74, 6) is -0.0196. The second-order valence-corrected chi connectivity index (χ2v) is 7.40. The van der Waals surface area contributed by atoms with Gasteiger partial charge in [0, 0.05) is 22.9 Å². The maximum absolute atomic E-state index is 13.1. The van der Waals surface area contributed by atoms with Crippen molar-refractivity contribution in [3.8, 4) is 11.5 Å². The van der Waals surface area contributed by atoms with Crippen molar-refractivity contribution in [2.45, 2.75) is 19.8 Å². The van der Waals surface area contributed by atoms with Gasteiger partial charge in [-0.2, -0.15) is 0 Å². The molecule has 1 heterocycles. The summed E-state index contributed by atoms with van der Waals surface area (Å²) in [5.41, 5.74) is 2.79. The van der Waals surface area contributed by atoms with Gasteiger partial charge in [-0.1, -0.05) is 0 Å². The van der Waals surface area contributed by atoms with E-state index in [4.69, 9.17) is 18.6 Å². The molecule has 1 aliphatic carbocycles. The van der Waals surface area contributed by atoms with Gasteiger partial charge in [-0.15, -0.1) is 0 Å². The van der Waals surface area contributed by atoms with Gasteiger partial charge in [-0.3, -0.25) is 9.59 Å². The molecule has 3 aromatic rings. The normalized spacial score (nSPS) is 13.6. The van der Waals surface area contributed by atoms with E-state index in [0.717, 1.165) is 11.1 Å². The number of benzene rings is 2. The van der Waals surface area contributed by atoms with E-state index in [1.54, 1.807) is 33.3 Å². The first-order valence-electron chi connectivity index (χ1n) is 10.5. The lowest BCUT2D eigenvalue weighted by Crippen LogP contribution is -2.25. The van der Waals surface area contributed by atoms with Gasteiger partial charge in [-0.05, 0) is 61.7 Å². The first-order valence-corrected chi connectivity index (χ1v) is 10.5. The number of allylic oxidation sites excluding steroid dienone is 1.